The van der Waals surface area contributed by atoms with Crippen molar-refractivity contribution in [1.82, 2.24) is 9.80 Å². The molecule has 158 valence electrons. The van der Waals surface area contributed by atoms with Crippen LogP contribution in [0.4, 0.5) is 4.79 Å². The van der Waals surface area contributed by atoms with Crippen LogP contribution >= 0.6 is 0 Å². The molecule has 0 radical (unpaired) electrons. The second-order valence-corrected chi connectivity index (χ2v) is 8.86. The fraction of sp³-hybridized carbons (Fsp3) is 0.565. The standard InChI is InChI=1S/C23H32N2O4/c1-5-28-21(26)11-20-18-13-24(12-17-9-7-6-8-10-17)14-19(20)16-25(15-18)22(27)29-23(2,3)4/h6-11,18-19H,5,12-16H2,1-4H3. The average molecular weight is 401 g/mol. The number of esters is 1. The maximum atomic E-state index is 12.6. The van der Waals surface area contributed by atoms with E-state index in [1.165, 1.54) is 5.56 Å². The molecule has 2 heterocycles. The first kappa shape index (κ1) is 21.4. The lowest BCUT2D eigenvalue weighted by Crippen LogP contribution is -2.56. The Balaban J connectivity index is 1.76. The smallest absolute Gasteiger partial charge is 0.410 e. The molecule has 2 aliphatic rings. The van der Waals surface area contributed by atoms with Crippen molar-refractivity contribution in [1.29, 1.82) is 0 Å². The molecule has 2 bridgehead atoms. The van der Waals surface area contributed by atoms with Gasteiger partial charge in [-0.15, -0.1) is 0 Å². The molecular formula is C23H32N2O4. The van der Waals surface area contributed by atoms with Crippen molar-refractivity contribution in [2.75, 3.05) is 32.8 Å². The summed E-state index contributed by atoms with van der Waals surface area (Å²) in [6.45, 7) is 11.4. The van der Waals surface area contributed by atoms with Crippen LogP contribution in [0, 0.1) is 11.8 Å². The highest BCUT2D eigenvalue weighted by Crippen LogP contribution is 2.35. The summed E-state index contributed by atoms with van der Waals surface area (Å²) in [6, 6.07) is 10.4. The molecule has 29 heavy (non-hydrogen) atoms. The van der Waals surface area contributed by atoms with Crippen LogP contribution < -0.4 is 0 Å². The number of piperidine rings is 2. The van der Waals surface area contributed by atoms with Crippen molar-refractivity contribution in [3.8, 4) is 0 Å². The van der Waals surface area contributed by atoms with Crippen LogP contribution in [0.2, 0.25) is 0 Å². The minimum atomic E-state index is -0.521. The summed E-state index contributed by atoms with van der Waals surface area (Å²) in [7, 11) is 0. The third-order valence-corrected chi connectivity index (χ3v) is 5.25. The summed E-state index contributed by atoms with van der Waals surface area (Å²) >= 11 is 0. The molecule has 0 spiro atoms. The van der Waals surface area contributed by atoms with Gasteiger partial charge < -0.3 is 14.4 Å². The molecule has 6 nitrogen and oxygen atoms in total. The van der Waals surface area contributed by atoms with Gasteiger partial charge in [-0.05, 0) is 33.3 Å². The average Bonchev–Trinajstić information content (AvgIpc) is 2.61. The number of rotatable bonds is 4. The zero-order valence-electron chi connectivity index (χ0n) is 17.9. The Labute approximate surface area is 173 Å². The number of nitrogens with zero attached hydrogens (tertiary/aromatic N) is 2. The first-order valence-electron chi connectivity index (χ1n) is 10.4. The summed E-state index contributed by atoms with van der Waals surface area (Å²) in [5.74, 6) is -0.0917. The van der Waals surface area contributed by atoms with Gasteiger partial charge in [0.1, 0.15) is 5.60 Å². The Hall–Kier alpha value is -2.34. The maximum absolute atomic E-state index is 12.6. The van der Waals surface area contributed by atoms with E-state index < -0.39 is 5.60 Å². The fourth-order valence-electron chi connectivity index (χ4n) is 4.18. The van der Waals surface area contributed by atoms with Crippen molar-refractivity contribution in [2.24, 2.45) is 11.8 Å². The fourth-order valence-corrected chi connectivity index (χ4v) is 4.18. The quantitative estimate of drug-likeness (QED) is 0.572. The van der Waals surface area contributed by atoms with E-state index in [2.05, 4.69) is 29.2 Å². The van der Waals surface area contributed by atoms with Gasteiger partial charge in [-0.3, -0.25) is 4.90 Å². The van der Waals surface area contributed by atoms with Crippen LogP contribution in [0.15, 0.2) is 42.0 Å². The monoisotopic (exact) mass is 400 g/mol. The van der Waals surface area contributed by atoms with Crippen molar-refractivity contribution < 1.29 is 19.1 Å². The first-order valence-corrected chi connectivity index (χ1v) is 10.4. The molecule has 2 saturated heterocycles. The zero-order chi connectivity index (χ0) is 21.0. The predicted octanol–water partition coefficient (Wildman–Crippen LogP) is 3.47. The van der Waals surface area contributed by atoms with Gasteiger partial charge in [0.2, 0.25) is 0 Å². The molecule has 0 N–H and O–H groups in total. The van der Waals surface area contributed by atoms with Crippen LogP contribution in [-0.2, 0) is 20.8 Å². The third kappa shape index (κ3) is 5.82. The summed E-state index contributed by atoms with van der Waals surface area (Å²) in [4.78, 5) is 28.9. The molecule has 1 aromatic rings. The zero-order valence-corrected chi connectivity index (χ0v) is 17.9. The molecule has 2 fully saturated rings. The van der Waals surface area contributed by atoms with Gasteiger partial charge in [-0.1, -0.05) is 35.9 Å². The van der Waals surface area contributed by atoms with E-state index in [1.54, 1.807) is 11.0 Å². The Morgan fingerprint density at radius 1 is 1.07 bits per heavy atom. The van der Waals surface area contributed by atoms with Crippen LogP contribution in [0.5, 0.6) is 0 Å². The second kappa shape index (κ2) is 8.99. The highest BCUT2D eigenvalue weighted by molar-refractivity contribution is 5.83. The van der Waals surface area contributed by atoms with Gasteiger partial charge in [-0.2, -0.15) is 0 Å². The van der Waals surface area contributed by atoms with E-state index in [0.29, 0.717) is 19.7 Å². The lowest BCUT2D eigenvalue weighted by molar-refractivity contribution is -0.137. The van der Waals surface area contributed by atoms with E-state index in [-0.39, 0.29) is 23.9 Å². The van der Waals surface area contributed by atoms with Gasteiger partial charge in [0, 0.05) is 50.6 Å². The maximum Gasteiger partial charge on any atom is 0.410 e. The summed E-state index contributed by atoms with van der Waals surface area (Å²) in [5.41, 5.74) is 1.85. The number of fused-ring (bicyclic) bond motifs is 2. The number of ether oxygens (including phenoxy) is 2. The predicted molar refractivity (Wildman–Crippen MR) is 111 cm³/mol. The Kier molecular flexibility index (Phi) is 6.63. The number of hydrogen-bond acceptors (Lipinski definition) is 5. The molecule has 0 aromatic heterocycles. The Morgan fingerprint density at radius 3 is 2.24 bits per heavy atom. The minimum absolute atomic E-state index is 0.100. The summed E-state index contributed by atoms with van der Waals surface area (Å²) < 4.78 is 10.7. The van der Waals surface area contributed by atoms with Crippen molar-refractivity contribution in [2.45, 2.75) is 39.8 Å². The SMILES string of the molecule is CCOC(=O)C=C1C2CN(Cc3ccccc3)CC1CN(C(=O)OC(C)(C)C)C2. The van der Waals surface area contributed by atoms with Gasteiger partial charge in [-0.25, -0.2) is 9.59 Å². The largest absolute Gasteiger partial charge is 0.463 e. The van der Waals surface area contributed by atoms with Gasteiger partial charge in [0.05, 0.1) is 6.61 Å². The number of carbonyl (C=O) groups is 2. The summed E-state index contributed by atoms with van der Waals surface area (Å²) in [5, 5.41) is 0. The van der Waals surface area contributed by atoms with E-state index in [9.17, 15) is 9.59 Å². The normalized spacial score (nSPS) is 22.2. The molecule has 2 aliphatic heterocycles. The molecule has 6 heteroatoms. The molecule has 0 saturated carbocycles. The van der Waals surface area contributed by atoms with Crippen molar-refractivity contribution in [3.63, 3.8) is 0 Å². The molecule has 2 atom stereocenters. The van der Waals surface area contributed by atoms with Gasteiger partial charge in [0.15, 0.2) is 0 Å². The van der Waals surface area contributed by atoms with E-state index in [0.717, 1.165) is 25.2 Å². The van der Waals surface area contributed by atoms with Crippen LogP contribution in [0.3, 0.4) is 0 Å². The number of benzene rings is 1. The third-order valence-electron chi connectivity index (χ3n) is 5.25. The molecule has 3 rings (SSSR count). The van der Waals surface area contributed by atoms with Crippen molar-refractivity contribution >= 4 is 12.1 Å². The van der Waals surface area contributed by atoms with E-state index in [4.69, 9.17) is 9.47 Å². The van der Waals surface area contributed by atoms with E-state index >= 15 is 0 Å². The summed E-state index contributed by atoms with van der Waals surface area (Å²) in [6.07, 6.45) is 1.38. The highest BCUT2D eigenvalue weighted by atomic mass is 16.6. The lowest BCUT2D eigenvalue weighted by atomic mass is 9.79. The second-order valence-electron chi connectivity index (χ2n) is 8.86. The number of carbonyl (C=O) groups excluding carboxylic acids is 2. The topological polar surface area (TPSA) is 59.1 Å². The molecule has 1 aromatic carbocycles. The number of amides is 1. The first-order chi connectivity index (χ1) is 13.7. The number of hydrogen-bond donors (Lipinski definition) is 0. The molecule has 1 amide bonds. The lowest BCUT2D eigenvalue weighted by Gasteiger charge is -2.47. The molecule has 0 aliphatic carbocycles. The van der Waals surface area contributed by atoms with Crippen LogP contribution in [-0.4, -0.2) is 60.2 Å². The highest BCUT2D eigenvalue weighted by Gasteiger charge is 2.41. The van der Waals surface area contributed by atoms with Gasteiger partial charge in [0.25, 0.3) is 0 Å². The molecule has 2 unspecified atom stereocenters. The molecular weight excluding hydrogens is 368 g/mol. The van der Waals surface area contributed by atoms with Crippen molar-refractivity contribution in [3.05, 3.63) is 47.5 Å². The van der Waals surface area contributed by atoms with Crippen LogP contribution in [0.25, 0.3) is 0 Å². The van der Waals surface area contributed by atoms with E-state index in [1.807, 2.05) is 33.8 Å². The Bertz CT molecular complexity index is 736. The Morgan fingerprint density at radius 2 is 1.69 bits per heavy atom. The van der Waals surface area contributed by atoms with Gasteiger partial charge >= 0.3 is 12.1 Å². The number of likely N-dealkylation sites (tertiary alicyclic amines) is 2. The minimum Gasteiger partial charge on any atom is -0.463 e. The van der Waals surface area contributed by atoms with Crippen LogP contribution in [0.1, 0.15) is 33.3 Å².